The topological polar surface area (TPSA) is 320 Å². The molecule has 16 aromatic rings. The number of alkyl halides is 1. The fraction of sp³-hybridized carbons (Fsp3) is 0.116. The molecule has 0 radical (unpaired) electrons. The zero-order chi connectivity index (χ0) is 65.4. The van der Waals surface area contributed by atoms with Gasteiger partial charge in [-0.2, -0.15) is 5.10 Å². The molecule has 0 saturated heterocycles. The molecule has 0 aliphatic rings. The fourth-order valence-corrected chi connectivity index (χ4v) is 10.5. The average molecular weight is 1270 g/mol. The Labute approximate surface area is 538 Å². The lowest BCUT2D eigenvalue weighted by Gasteiger charge is -2.09. The van der Waals surface area contributed by atoms with Crippen LogP contribution in [0.5, 0.6) is 5.75 Å². The molecule has 6 N–H and O–H groups in total. The summed E-state index contributed by atoms with van der Waals surface area (Å²) in [6, 6.07) is 34.0. The maximum absolute atomic E-state index is 12.1. The lowest BCUT2D eigenvalue weighted by atomic mass is 10.1. The third kappa shape index (κ3) is 13.1. The summed E-state index contributed by atoms with van der Waals surface area (Å²) in [6.07, 6.45) is 22.7. The summed E-state index contributed by atoms with van der Waals surface area (Å²) in [5.74, 6) is 0.706. The Balaban J connectivity index is 0.000000115. The van der Waals surface area contributed by atoms with E-state index in [0.717, 1.165) is 127 Å². The Morgan fingerprint density at radius 1 is 0.463 bits per heavy atom. The highest BCUT2D eigenvalue weighted by molar-refractivity contribution is 6.08. The number of amides is 3. The lowest BCUT2D eigenvalue weighted by molar-refractivity contribution is 0.0821. The van der Waals surface area contributed by atoms with Gasteiger partial charge in [0.05, 0.1) is 65.3 Å². The van der Waals surface area contributed by atoms with Crippen molar-refractivity contribution in [2.24, 2.45) is 0 Å². The fourth-order valence-electron chi connectivity index (χ4n) is 10.5. The molecule has 0 atom stereocenters. The first-order valence-corrected chi connectivity index (χ1v) is 29.7. The second kappa shape index (κ2) is 27.3. The minimum Gasteiger partial charge on any atom is -0.493 e. The average Bonchev–Trinajstić information content (AvgIpc) is 1.78. The summed E-state index contributed by atoms with van der Waals surface area (Å²) in [6.45, 7) is 0.295. The van der Waals surface area contributed by atoms with Crippen LogP contribution < -0.4 is 15.4 Å². The van der Waals surface area contributed by atoms with E-state index in [2.05, 4.69) is 90.5 Å². The minimum atomic E-state index is -0.603. The molecule has 0 aliphatic heterocycles. The number of aromatic amines is 4. The molecule has 16 heterocycles. The molecule has 0 saturated carbocycles. The number of aromatic nitrogens is 17. The van der Waals surface area contributed by atoms with E-state index < -0.39 is 12.6 Å². The summed E-state index contributed by atoms with van der Waals surface area (Å²) in [5, 5.41) is 17.7. The van der Waals surface area contributed by atoms with Crippen LogP contribution in [-0.4, -0.2) is 162 Å². The first-order valence-electron chi connectivity index (χ1n) is 29.7. The summed E-state index contributed by atoms with van der Waals surface area (Å²) >= 11 is 0. The zero-order valence-corrected chi connectivity index (χ0v) is 51.4. The van der Waals surface area contributed by atoms with E-state index in [9.17, 15) is 18.8 Å². The van der Waals surface area contributed by atoms with Crippen LogP contribution >= 0.6 is 0 Å². The Bertz CT molecular complexity index is 5440. The van der Waals surface area contributed by atoms with Crippen molar-refractivity contribution < 1.29 is 28.2 Å². The predicted octanol–water partition coefficient (Wildman–Crippen LogP) is 10.6. The van der Waals surface area contributed by atoms with Gasteiger partial charge in [0.25, 0.3) is 17.7 Å². The number of carbonyl (C=O) groups excluding carboxylic acids is 3. The molecular formula is C69H57FN20O5. The standard InChI is InChI=1S/C19H17N5O2.C18H14FN5O.C18H15N5O.C14H11N5O/c1-26-9-8-21-19(25)17-4-2-12(10-22-17)15-5-3-13-14-11-20-7-6-16(14)24-18(13)23-15;19-6-8-21-18(25)16-3-1-11(9-22-16)14-4-2-12-13-10-20-7-5-15(13)24-17(12)23-14;1-23(2)18(24)16-5-3-11(9-20-16)14-6-4-12-13-10-19-8-7-15(13)22-17(12)21-14;1-20-9-6-16-19(8-9)13-3-2-10-11-7-15-5-4-12(11)17-14(10)18-13/h2-7,10-11H,8-9H2,1H3,(H,21,25)(H,23,24);1-5,7,9-10H,6,8H2,(H,21,25)(H,23,24);3-10H,1-2H3,(H,21,22);2-8H,1H3,(H,17,18). The number of nitrogens with one attached hydrogen (secondary N) is 6. The Morgan fingerprint density at radius 2 is 0.863 bits per heavy atom. The van der Waals surface area contributed by atoms with Crippen LogP contribution in [-0.2, 0) is 4.74 Å². The van der Waals surface area contributed by atoms with Crippen molar-refractivity contribution in [3.63, 3.8) is 0 Å². The van der Waals surface area contributed by atoms with Crippen LogP contribution in [0, 0.1) is 0 Å². The Morgan fingerprint density at radius 3 is 1.23 bits per heavy atom. The SMILES string of the molecule is CN(C)C(=O)c1ccc(-c2ccc3c(n2)[nH]c2ccncc23)cn1.COCCNC(=O)c1ccc(-c2ccc3c(n2)[nH]c2ccncc23)cn1.COc1cnn(-c2ccc3c(n2)[nH]c2ccncc23)c1.O=C(NCCF)c1ccc(-c2ccc3c(n2)[nH]c2ccncc23)cn1. The van der Waals surface area contributed by atoms with Crippen molar-refractivity contribution in [1.82, 2.24) is 100 Å². The molecule has 3 amide bonds. The number of methoxy groups -OCH3 is 2. The largest absolute Gasteiger partial charge is 0.493 e. The van der Waals surface area contributed by atoms with Crippen molar-refractivity contribution in [2.75, 3.05) is 54.7 Å². The molecule has 0 aromatic carbocycles. The van der Waals surface area contributed by atoms with Gasteiger partial charge in [0.1, 0.15) is 46.3 Å². The van der Waals surface area contributed by atoms with Gasteiger partial charge < -0.3 is 44.9 Å². The number of rotatable bonds is 13. The van der Waals surface area contributed by atoms with Gasteiger partial charge in [0.2, 0.25) is 0 Å². The van der Waals surface area contributed by atoms with E-state index in [1.807, 2.05) is 110 Å². The van der Waals surface area contributed by atoms with E-state index in [1.54, 1.807) is 113 Å². The number of hydrogen-bond donors (Lipinski definition) is 6. The highest BCUT2D eigenvalue weighted by atomic mass is 19.1. The number of ether oxygens (including phenoxy) is 2. The van der Waals surface area contributed by atoms with Gasteiger partial charge >= 0.3 is 0 Å². The van der Waals surface area contributed by atoms with Gasteiger partial charge in [0.15, 0.2) is 11.6 Å². The number of halogens is 1. The summed E-state index contributed by atoms with van der Waals surface area (Å²) in [4.78, 5) is 98.1. The van der Waals surface area contributed by atoms with Crippen LogP contribution in [0.2, 0.25) is 0 Å². The second-order valence-electron chi connectivity index (χ2n) is 21.5. The van der Waals surface area contributed by atoms with Crippen molar-refractivity contribution in [2.45, 2.75) is 0 Å². The summed E-state index contributed by atoms with van der Waals surface area (Å²) < 4.78 is 23.8. The summed E-state index contributed by atoms with van der Waals surface area (Å²) in [7, 11) is 6.62. The first-order chi connectivity index (χ1) is 46.5. The third-order valence-corrected chi connectivity index (χ3v) is 15.3. The van der Waals surface area contributed by atoms with Crippen LogP contribution in [0.25, 0.3) is 127 Å². The number of fused-ring (bicyclic) bond motifs is 12. The van der Waals surface area contributed by atoms with E-state index in [0.29, 0.717) is 30.3 Å². The molecule has 470 valence electrons. The number of hydrogen-bond acceptors (Lipinski definition) is 17. The van der Waals surface area contributed by atoms with Crippen LogP contribution in [0.15, 0.2) is 190 Å². The van der Waals surface area contributed by atoms with Crippen LogP contribution in [0.1, 0.15) is 31.5 Å². The number of pyridine rings is 11. The summed E-state index contributed by atoms with van der Waals surface area (Å²) in [5.41, 5.74) is 13.1. The minimum absolute atomic E-state index is 0.0181. The van der Waals surface area contributed by atoms with E-state index in [1.165, 1.54) is 4.90 Å². The molecule has 26 heteroatoms. The molecular weight excluding hydrogens is 1210 g/mol. The van der Waals surface area contributed by atoms with Crippen LogP contribution in [0.4, 0.5) is 4.39 Å². The Kier molecular flexibility index (Phi) is 17.6. The highest BCUT2D eigenvalue weighted by Gasteiger charge is 2.16. The molecule has 16 aromatic heterocycles. The van der Waals surface area contributed by atoms with Crippen molar-refractivity contribution in [3.8, 4) is 45.3 Å². The second-order valence-corrected chi connectivity index (χ2v) is 21.5. The van der Waals surface area contributed by atoms with Gasteiger partial charge in [-0.1, -0.05) is 0 Å². The molecule has 0 spiro atoms. The van der Waals surface area contributed by atoms with Crippen molar-refractivity contribution in [1.29, 1.82) is 0 Å². The molecule has 25 nitrogen and oxygen atoms in total. The van der Waals surface area contributed by atoms with Gasteiger partial charge in [-0.05, 0) is 109 Å². The van der Waals surface area contributed by atoms with Gasteiger partial charge in [-0.15, -0.1) is 0 Å². The maximum atomic E-state index is 12.1. The Hall–Kier alpha value is -12.8. The number of carbonyl (C=O) groups is 3. The van der Waals surface area contributed by atoms with Crippen molar-refractivity contribution >= 4 is 105 Å². The van der Waals surface area contributed by atoms with Gasteiger partial charge in [0, 0.05) is 162 Å². The zero-order valence-electron chi connectivity index (χ0n) is 51.4. The van der Waals surface area contributed by atoms with Crippen LogP contribution in [0.3, 0.4) is 0 Å². The van der Waals surface area contributed by atoms with E-state index in [-0.39, 0.29) is 24.1 Å². The smallest absolute Gasteiger partial charge is 0.271 e. The maximum Gasteiger partial charge on any atom is 0.271 e. The highest BCUT2D eigenvalue weighted by Crippen LogP contribution is 2.30. The normalized spacial score (nSPS) is 11.1. The van der Waals surface area contributed by atoms with Gasteiger partial charge in [-0.3, -0.25) is 49.3 Å². The molecule has 0 unspecified atom stereocenters. The number of nitrogens with zero attached hydrogens (tertiary/aromatic N) is 14. The first kappa shape index (κ1) is 61.0. The third-order valence-electron chi connectivity index (χ3n) is 15.3. The number of H-pyrrole nitrogens is 4. The molecule has 16 rings (SSSR count). The molecule has 0 bridgehead atoms. The molecule has 0 fully saturated rings. The van der Waals surface area contributed by atoms with E-state index >= 15 is 0 Å². The predicted molar refractivity (Wildman–Crippen MR) is 359 cm³/mol. The monoisotopic (exact) mass is 1260 g/mol. The molecule has 95 heavy (non-hydrogen) atoms. The van der Waals surface area contributed by atoms with Crippen molar-refractivity contribution in [3.05, 3.63) is 207 Å². The lowest BCUT2D eigenvalue weighted by Crippen LogP contribution is -2.27. The quantitative estimate of drug-likeness (QED) is 0.0584. The van der Waals surface area contributed by atoms with E-state index in [4.69, 9.17) is 9.47 Å². The molecule has 0 aliphatic carbocycles. The van der Waals surface area contributed by atoms with Gasteiger partial charge in [-0.25, -0.2) is 29.0 Å².